The summed E-state index contributed by atoms with van der Waals surface area (Å²) in [5.41, 5.74) is 3.89. The number of hydrogen-bond acceptors (Lipinski definition) is 4. The van der Waals surface area contributed by atoms with Crippen molar-refractivity contribution in [1.82, 2.24) is 5.32 Å². The van der Waals surface area contributed by atoms with Gasteiger partial charge in [-0.1, -0.05) is 29.8 Å². The molecule has 0 radical (unpaired) electrons. The fourth-order valence-corrected chi connectivity index (χ4v) is 2.67. The predicted molar refractivity (Wildman–Crippen MR) is 101 cm³/mol. The first-order chi connectivity index (χ1) is 12.4. The number of amides is 2. The zero-order chi connectivity index (χ0) is 19.1. The second-order valence-corrected chi connectivity index (χ2v) is 6.04. The van der Waals surface area contributed by atoms with Gasteiger partial charge >= 0.3 is 0 Å². The third-order valence-electron chi connectivity index (χ3n) is 3.82. The first-order valence-electron chi connectivity index (χ1n) is 8.31. The van der Waals surface area contributed by atoms with Gasteiger partial charge in [-0.3, -0.25) is 9.59 Å². The summed E-state index contributed by atoms with van der Waals surface area (Å²) in [7, 11) is 1.53. The number of anilines is 1. The minimum Gasteiger partial charge on any atom is -0.493 e. The molecule has 26 heavy (non-hydrogen) atoms. The van der Waals surface area contributed by atoms with Gasteiger partial charge in [0.25, 0.3) is 5.91 Å². The van der Waals surface area contributed by atoms with Crippen molar-refractivity contribution in [2.45, 2.75) is 20.8 Å². The minimum absolute atomic E-state index is 0.124. The molecule has 0 aromatic heterocycles. The zero-order valence-corrected chi connectivity index (χ0v) is 15.5. The van der Waals surface area contributed by atoms with Crippen LogP contribution >= 0.6 is 0 Å². The third kappa shape index (κ3) is 5.24. The molecular formula is C20H24N2O4. The Morgan fingerprint density at radius 2 is 1.58 bits per heavy atom. The van der Waals surface area contributed by atoms with Gasteiger partial charge in [-0.15, -0.1) is 0 Å². The van der Waals surface area contributed by atoms with Crippen LogP contribution in [0.15, 0.2) is 36.4 Å². The number of ether oxygens (including phenoxy) is 2. The maximum absolute atomic E-state index is 12.1. The van der Waals surface area contributed by atoms with Gasteiger partial charge in [0.2, 0.25) is 5.91 Å². The lowest BCUT2D eigenvalue weighted by Gasteiger charge is -2.13. The lowest BCUT2D eigenvalue weighted by atomic mass is 10.1. The van der Waals surface area contributed by atoms with Crippen LogP contribution in [0.25, 0.3) is 0 Å². The number of para-hydroxylation sites is 2. The van der Waals surface area contributed by atoms with Gasteiger partial charge in [0.1, 0.15) is 0 Å². The Bertz CT molecular complexity index is 779. The Kier molecular flexibility index (Phi) is 6.60. The van der Waals surface area contributed by atoms with E-state index in [0.29, 0.717) is 11.5 Å². The number of carbonyl (C=O) groups is 2. The molecule has 0 aliphatic heterocycles. The average Bonchev–Trinajstić information content (AvgIpc) is 2.61. The highest BCUT2D eigenvalue weighted by molar-refractivity contribution is 5.95. The maximum atomic E-state index is 12.1. The fraction of sp³-hybridized carbons (Fsp3) is 0.300. The molecule has 2 N–H and O–H groups in total. The third-order valence-corrected chi connectivity index (χ3v) is 3.82. The Labute approximate surface area is 153 Å². The normalized spacial score (nSPS) is 10.2. The largest absolute Gasteiger partial charge is 0.493 e. The zero-order valence-electron chi connectivity index (χ0n) is 15.5. The van der Waals surface area contributed by atoms with Gasteiger partial charge in [0, 0.05) is 5.69 Å². The monoisotopic (exact) mass is 356 g/mol. The number of aryl methyl sites for hydroxylation is 3. The number of benzene rings is 2. The van der Waals surface area contributed by atoms with E-state index in [0.717, 1.165) is 22.4 Å². The highest BCUT2D eigenvalue weighted by Crippen LogP contribution is 2.25. The number of carbonyl (C=O) groups excluding carboxylic acids is 2. The summed E-state index contributed by atoms with van der Waals surface area (Å²) in [5.74, 6) is 0.345. The van der Waals surface area contributed by atoms with E-state index in [9.17, 15) is 9.59 Å². The van der Waals surface area contributed by atoms with Crippen LogP contribution in [-0.2, 0) is 9.59 Å². The second-order valence-electron chi connectivity index (χ2n) is 6.04. The molecule has 6 nitrogen and oxygen atoms in total. The molecule has 0 heterocycles. The number of hydrogen-bond donors (Lipinski definition) is 2. The summed E-state index contributed by atoms with van der Waals surface area (Å²) in [4.78, 5) is 24.0. The summed E-state index contributed by atoms with van der Waals surface area (Å²) in [5, 5.41) is 5.38. The Hall–Kier alpha value is -3.02. The maximum Gasteiger partial charge on any atom is 0.258 e. The number of rotatable bonds is 7. The molecule has 138 valence electrons. The SMILES string of the molecule is COc1ccccc1OCC(=O)NCC(=O)Nc1c(C)cc(C)cc1C. The van der Waals surface area contributed by atoms with Crippen LogP contribution in [0.1, 0.15) is 16.7 Å². The molecule has 0 aliphatic rings. The summed E-state index contributed by atoms with van der Waals surface area (Å²) < 4.78 is 10.6. The van der Waals surface area contributed by atoms with E-state index >= 15 is 0 Å². The highest BCUT2D eigenvalue weighted by Gasteiger charge is 2.11. The van der Waals surface area contributed by atoms with Crippen LogP contribution < -0.4 is 20.1 Å². The average molecular weight is 356 g/mol. The molecule has 0 bridgehead atoms. The first-order valence-corrected chi connectivity index (χ1v) is 8.31. The van der Waals surface area contributed by atoms with Gasteiger partial charge in [0.05, 0.1) is 13.7 Å². The molecular weight excluding hydrogens is 332 g/mol. The molecule has 2 amide bonds. The molecule has 0 saturated carbocycles. The number of methoxy groups -OCH3 is 1. The fourth-order valence-electron chi connectivity index (χ4n) is 2.67. The lowest BCUT2D eigenvalue weighted by Crippen LogP contribution is -2.36. The van der Waals surface area contributed by atoms with Crippen LogP contribution in [0.3, 0.4) is 0 Å². The van der Waals surface area contributed by atoms with E-state index in [-0.39, 0.29) is 25.0 Å². The van der Waals surface area contributed by atoms with Crippen LogP contribution in [0.2, 0.25) is 0 Å². The summed E-state index contributed by atoms with van der Waals surface area (Å²) in [6.45, 7) is 5.56. The minimum atomic E-state index is -0.386. The van der Waals surface area contributed by atoms with Crippen LogP contribution in [0.4, 0.5) is 5.69 Å². The Balaban J connectivity index is 1.83. The van der Waals surface area contributed by atoms with Crippen molar-refractivity contribution < 1.29 is 19.1 Å². The molecule has 0 atom stereocenters. The van der Waals surface area contributed by atoms with E-state index < -0.39 is 0 Å². The Morgan fingerprint density at radius 3 is 2.19 bits per heavy atom. The van der Waals surface area contributed by atoms with Gasteiger partial charge < -0.3 is 20.1 Å². The van der Waals surface area contributed by atoms with Gasteiger partial charge in [0.15, 0.2) is 18.1 Å². The summed E-state index contributed by atoms with van der Waals surface area (Å²) >= 11 is 0. The van der Waals surface area contributed by atoms with E-state index in [1.165, 1.54) is 7.11 Å². The first kappa shape index (κ1) is 19.3. The standard InChI is InChI=1S/C20H24N2O4/c1-13-9-14(2)20(15(3)10-13)22-18(23)11-21-19(24)12-26-17-8-6-5-7-16(17)25-4/h5-10H,11-12H2,1-4H3,(H,21,24)(H,22,23). The van der Waals surface area contributed by atoms with E-state index in [2.05, 4.69) is 10.6 Å². The van der Waals surface area contributed by atoms with Crippen molar-refractivity contribution in [2.24, 2.45) is 0 Å². The van der Waals surface area contributed by atoms with E-state index in [4.69, 9.17) is 9.47 Å². The van der Waals surface area contributed by atoms with Gasteiger partial charge in [-0.25, -0.2) is 0 Å². The number of nitrogens with one attached hydrogen (secondary N) is 2. The van der Waals surface area contributed by atoms with Crippen molar-refractivity contribution in [2.75, 3.05) is 25.6 Å². The molecule has 0 saturated heterocycles. The van der Waals surface area contributed by atoms with Gasteiger partial charge in [-0.05, 0) is 44.0 Å². The Morgan fingerprint density at radius 1 is 0.962 bits per heavy atom. The predicted octanol–water partition coefficient (Wildman–Crippen LogP) is 2.75. The molecule has 2 aromatic rings. The van der Waals surface area contributed by atoms with Gasteiger partial charge in [-0.2, -0.15) is 0 Å². The molecule has 0 aliphatic carbocycles. The molecule has 0 spiro atoms. The van der Waals surface area contributed by atoms with Crippen molar-refractivity contribution in [3.05, 3.63) is 53.1 Å². The van der Waals surface area contributed by atoms with Crippen molar-refractivity contribution in [3.63, 3.8) is 0 Å². The van der Waals surface area contributed by atoms with Crippen LogP contribution in [0.5, 0.6) is 11.5 Å². The van der Waals surface area contributed by atoms with E-state index in [1.807, 2.05) is 39.0 Å². The smallest absolute Gasteiger partial charge is 0.258 e. The molecule has 2 rings (SSSR count). The molecule has 0 unspecified atom stereocenters. The topological polar surface area (TPSA) is 76.7 Å². The summed E-state index contributed by atoms with van der Waals surface area (Å²) in [6.07, 6.45) is 0. The second kappa shape index (κ2) is 8.89. The van der Waals surface area contributed by atoms with Crippen molar-refractivity contribution in [1.29, 1.82) is 0 Å². The quantitative estimate of drug-likeness (QED) is 0.800. The van der Waals surface area contributed by atoms with Crippen LogP contribution in [0, 0.1) is 20.8 Å². The lowest BCUT2D eigenvalue weighted by molar-refractivity contribution is -0.125. The van der Waals surface area contributed by atoms with E-state index in [1.54, 1.807) is 18.2 Å². The highest BCUT2D eigenvalue weighted by atomic mass is 16.5. The molecule has 0 fully saturated rings. The van der Waals surface area contributed by atoms with Crippen molar-refractivity contribution in [3.8, 4) is 11.5 Å². The van der Waals surface area contributed by atoms with Crippen LogP contribution in [-0.4, -0.2) is 32.1 Å². The summed E-state index contributed by atoms with van der Waals surface area (Å²) in [6, 6.07) is 11.1. The van der Waals surface area contributed by atoms with Crippen molar-refractivity contribution >= 4 is 17.5 Å². The molecule has 6 heteroatoms. The molecule has 2 aromatic carbocycles.